The quantitative estimate of drug-likeness (QED) is 0.380. The van der Waals surface area contributed by atoms with E-state index in [0.29, 0.717) is 9.82 Å². The van der Waals surface area contributed by atoms with Crippen LogP contribution in [0.15, 0.2) is 83.3 Å². The van der Waals surface area contributed by atoms with E-state index in [0.717, 1.165) is 33.5 Å². The molecule has 5 aromatic rings. The first kappa shape index (κ1) is 21.1. The fourth-order valence-electron chi connectivity index (χ4n) is 3.47. The Kier molecular flexibility index (Phi) is 5.77. The average Bonchev–Trinajstić information content (AvgIpc) is 3.43. The largest absolute Gasteiger partial charge is 0.284 e. The van der Waals surface area contributed by atoms with Gasteiger partial charge in [0, 0.05) is 16.1 Å². The van der Waals surface area contributed by atoms with Crippen LogP contribution in [-0.2, 0) is 11.3 Å². The lowest BCUT2D eigenvalue weighted by atomic mass is 10.1. The van der Waals surface area contributed by atoms with Crippen molar-refractivity contribution in [1.82, 2.24) is 25.0 Å². The number of halogens is 1. The van der Waals surface area contributed by atoms with E-state index < -0.39 is 0 Å². The zero-order chi connectivity index (χ0) is 22.8. The van der Waals surface area contributed by atoms with Gasteiger partial charge in [-0.15, -0.1) is 21.5 Å². The summed E-state index contributed by atoms with van der Waals surface area (Å²) in [5.74, 6) is -0.289. The highest BCUT2D eigenvalue weighted by Crippen LogP contribution is 2.25. The number of para-hydroxylation sites is 1. The molecule has 5 rings (SSSR count). The number of aryl methyl sites for hydroxylation is 1. The average molecular weight is 475 g/mol. The van der Waals surface area contributed by atoms with Crippen molar-refractivity contribution in [2.24, 2.45) is 5.10 Å². The second-order valence-electron chi connectivity index (χ2n) is 7.46. The fourth-order valence-corrected chi connectivity index (χ4v) is 4.46. The summed E-state index contributed by atoms with van der Waals surface area (Å²) in [6, 6.07) is 23.3. The zero-order valence-corrected chi connectivity index (χ0v) is 19.2. The standard InChI is InChI=1S/C24H19ClN6OS/c1-16-6-12-19(13-7-16)31-22(17-8-10-18(25)11-9-17)15-33-24(31)28-27-23(32)14-30-21-5-3-2-4-20(21)26-29-30/h2-13,15H,14H2,1H3,(H,27,32)/b28-24-. The lowest BCUT2D eigenvalue weighted by molar-refractivity contribution is -0.121. The first-order valence-electron chi connectivity index (χ1n) is 10.2. The minimum absolute atomic E-state index is 0.0178. The minimum atomic E-state index is -0.289. The summed E-state index contributed by atoms with van der Waals surface area (Å²) in [6.07, 6.45) is 0. The van der Waals surface area contributed by atoms with Gasteiger partial charge in [-0.3, -0.25) is 9.36 Å². The molecule has 0 aliphatic carbocycles. The van der Waals surface area contributed by atoms with Crippen molar-refractivity contribution < 1.29 is 4.79 Å². The van der Waals surface area contributed by atoms with Crippen LogP contribution in [0.25, 0.3) is 28.0 Å². The smallest absolute Gasteiger partial charge is 0.261 e. The molecule has 33 heavy (non-hydrogen) atoms. The van der Waals surface area contributed by atoms with Crippen molar-refractivity contribution in [3.05, 3.63) is 93.6 Å². The van der Waals surface area contributed by atoms with Crippen LogP contribution in [-0.4, -0.2) is 25.5 Å². The summed E-state index contributed by atoms with van der Waals surface area (Å²) in [6.45, 7) is 2.06. The van der Waals surface area contributed by atoms with Crippen molar-refractivity contribution in [2.45, 2.75) is 13.5 Å². The highest BCUT2D eigenvalue weighted by molar-refractivity contribution is 7.07. The molecule has 0 bridgehead atoms. The van der Waals surface area contributed by atoms with Crippen molar-refractivity contribution in [2.75, 3.05) is 0 Å². The molecule has 0 saturated heterocycles. The van der Waals surface area contributed by atoms with Gasteiger partial charge in [-0.1, -0.05) is 58.8 Å². The Morgan fingerprint density at radius 3 is 2.61 bits per heavy atom. The lowest BCUT2D eigenvalue weighted by Crippen LogP contribution is -2.27. The third-order valence-electron chi connectivity index (χ3n) is 5.13. The summed E-state index contributed by atoms with van der Waals surface area (Å²) in [5.41, 5.74) is 8.26. The number of thiazole rings is 1. The van der Waals surface area contributed by atoms with Crippen LogP contribution >= 0.6 is 22.9 Å². The molecule has 1 amide bonds. The second kappa shape index (κ2) is 9.01. The van der Waals surface area contributed by atoms with Crippen molar-refractivity contribution in [3.8, 4) is 16.9 Å². The SMILES string of the molecule is Cc1ccc(-n2c(-c3ccc(Cl)cc3)cs/c2=N\NC(=O)Cn2nnc3ccccc32)cc1. The molecule has 0 fully saturated rings. The van der Waals surface area contributed by atoms with Crippen LogP contribution in [0.1, 0.15) is 5.56 Å². The van der Waals surface area contributed by atoms with Crippen molar-refractivity contribution in [1.29, 1.82) is 0 Å². The number of hydrogen-bond donors (Lipinski definition) is 1. The van der Waals surface area contributed by atoms with E-state index in [4.69, 9.17) is 11.6 Å². The summed E-state index contributed by atoms with van der Waals surface area (Å²) in [4.78, 5) is 13.3. The van der Waals surface area contributed by atoms with Crippen LogP contribution in [0.2, 0.25) is 5.02 Å². The lowest BCUT2D eigenvalue weighted by Gasteiger charge is -2.10. The van der Waals surface area contributed by atoms with Crippen LogP contribution in [0.3, 0.4) is 0 Å². The van der Waals surface area contributed by atoms with Gasteiger partial charge in [0.1, 0.15) is 12.1 Å². The van der Waals surface area contributed by atoms with E-state index in [-0.39, 0.29) is 12.5 Å². The molecule has 1 N–H and O–H groups in total. The number of carbonyl (C=O) groups excluding carboxylic acids is 1. The zero-order valence-electron chi connectivity index (χ0n) is 17.6. The molecule has 9 heteroatoms. The van der Waals surface area contributed by atoms with Crippen LogP contribution in [0.5, 0.6) is 0 Å². The molecule has 0 aliphatic heterocycles. The summed E-state index contributed by atoms with van der Waals surface area (Å²) < 4.78 is 3.57. The van der Waals surface area contributed by atoms with Crippen molar-refractivity contribution in [3.63, 3.8) is 0 Å². The number of nitrogens with zero attached hydrogens (tertiary/aromatic N) is 5. The van der Waals surface area contributed by atoms with Gasteiger partial charge in [0.15, 0.2) is 0 Å². The highest BCUT2D eigenvalue weighted by Gasteiger charge is 2.12. The maximum atomic E-state index is 12.6. The molecule has 2 aromatic heterocycles. The number of nitrogens with one attached hydrogen (secondary N) is 1. The molecule has 0 aliphatic rings. The Hall–Kier alpha value is -3.75. The fraction of sp³-hybridized carbons (Fsp3) is 0.0833. The monoisotopic (exact) mass is 474 g/mol. The van der Waals surface area contributed by atoms with Gasteiger partial charge in [0.05, 0.1) is 11.2 Å². The Bertz CT molecular complexity index is 1500. The molecule has 164 valence electrons. The Labute approximate surface area is 198 Å². The first-order valence-corrected chi connectivity index (χ1v) is 11.5. The van der Waals surface area contributed by atoms with E-state index in [9.17, 15) is 4.79 Å². The topological polar surface area (TPSA) is 77.1 Å². The molecule has 2 heterocycles. The molecular formula is C24H19ClN6OS. The Morgan fingerprint density at radius 2 is 1.82 bits per heavy atom. The molecule has 0 radical (unpaired) electrons. The second-order valence-corrected chi connectivity index (χ2v) is 8.74. The number of rotatable bonds is 5. The van der Waals surface area contributed by atoms with E-state index in [1.807, 2.05) is 89.7 Å². The van der Waals surface area contributed by atoms with Gasteiger partial charge in [-0.2, -0.15) is 0 Å². The summed E-state index contributed by atoms with van der Waals surface area (Å²) in [7, 11) is 0. The van der Waals surface area contributed by atoms with Crippen LogP contribution in [0.4, 0.5) is 0 Å². The van der Waals surface area contributed by atoms with E-state index in [2.05, 4.69) is 20.8 Å². The molecule has 0 saturated carbocycles. The van der Waals surface area contributed by atoms with Crippen LogP contribution in [0, 0.1) is 6.92 Å². The third-order valence-corrected chi connectivity index (χ3v) is 6.21. The minimum Gasteiger partial charge on any atom is -0.284 e. The number of aromatic nitrogens is 4. The van der Waals surface area contributed by atoms with Gasteiger partial charge >= 0.3 is 0 Å². The molecule has 7 nitrogen and oxygen atoms in total. The van der Waals surface area contributed by atoms with E-state index >= 15 is 0 Å². The Morgan fingerprint density at radius 1 is 1.06 bits per heavy atom. The molecule has 0 unspecified atom stereocenters. The number of hydrogen-bond acceptors (Lipinski definition) is 5. The molecular weight excluding hydrogens is 456 g/mol. The van der Waals surface area contributed by atoms with Gasteiger partial charge in [0.2, 0.25) is 4.80 Å². The predicted octanol–water partition coefficient (Wildman–Crippen LogP) is 4.54. The highest BCUT2D eigenvalue weighted by atomic mass is 35.5. The maximum Gasteiger partial charge on any atom is 0.261 e. The van der Waals surface area contributed by atoms with Gasteiger partial charge in [-0.05, 0) is 48.9 Å². The Balaban J connectivity index is 1.48. The number of amides is 1. The summed E-state index contributed by atoms with van der Waals surface area (Å²) >= 11 is 7.52. The number of benzene rings is 3. The van der Waals surface area contributed by atoms with Gasteiger partial charge in [0.25, 0.3) is 5.91 Å². The number of fused-ring (bicyclic) bond motifs is 1. The first-order chi connectivity index (χ1) is 16.1. The van der Waals surface area contributed by atoms with Crippen LogP contribution < -0.4 is 10.2 Å². The van der Waals surface area contributed by atoms with Gasteiger partial charge < -0.3 is 0 Å². The number of carbonyl (C=O) groups is 1. The molecule has 0 spiro atoms. The maximum absolute atomic E-state index is 12.6. The molecule has 0 atom stereocenters. The van der Waals surface area contributed by atoms with Crippen molar-refractivity contribution >= 4 is 39.9 Å². The van der Waals surface area contributed by atoms with E-state index in [1.54, 1.807) is 4.68 Å². The predicted molar refractivity (Wildman–Crippen MR) is 130 cm³/mol. The van der Waals surface area contributed by atoms with E-state index in [1.165, 1.54) is 11.3 Å². The summed E-state index contributed by atoms with van der Waals surface area (Å²) in [5, 5.41) is 15.3. The third kappa shape index (κ3) is 4.44. The van der Waals surface area contributed by atoms with Gasteiger partial charge in [-0.25, -0.2) is 10.1 Å². The molecule has 3 aromatic carbocycles. The normalized spacial score (nSPS) is 11.8.